The van der Waals surface area contributed by atoms with Crippen LogP contribution in [0, 0.1) is 10.1 Å². The topological polar surface area (TPSA) is 70.2 Å². The maximum Gasteiger partial charge on any atom is 0.312 e. The second kappa shape index (κ2) is 4.79. The number of alkyl halides is 1. The zero-order valence-electron chi connectivity index (χ0n) is 9.50. The first-order valence-electron chi connectivity index (χ1n) is 5.51. The minimum Gasteiger partial charge on any atom is -0.372 e. The van der Waals surface area contributed by atoms with Crippen LogP contribution < -0.4 is 0 Å². The molecular formula is C10H14FN3O3. The van der Waals surface area contributed by atoms with Gasteiger partial charge in [-0.15, -0.1) is 0 Å². The summed E-state index contributed by atoms with van der Waals surface area (Å²) >= 11 is 0. The highest BCUT2D eigenvalue weighted by molar-refractivity contribution is 5.34. The summed E-state index contributed by atoms with van der Waals surface area (Å²) in [5.74, 6) is 0. The summed E-state index contributed by atoms with van der Waals surface area (Å²) in [6.45, 7) is 0.286. The minimum absolute atomic E-state index is 0.0604. The molecule has 2 unspecified atom stereocenters. The number of ether oxygens (including phenoxy) is 1. The van der Waals surface area contributed by atoms with Crippen molar-refractivity contribution in [3.8, 4) is 0 Å². The lowest BCUT2D eigenvalue weighted by Crippen LogP contribution is -2.10. The van der Waals surface area contributed by atoms with Crippen LogP contribution in [0.25, 0.3) is 0 Å². The van der Waals surface area contributed by atoms with Crippen molar-refractivity contribution in [1.29, 1.82) is 0 Å². The van der Waals surface area contributed by atoms with E-state index >= 15 is 0 Å². The number of nitro groups is 1. The molecule has 94 valence electrons. The number of hydrogen-bond acceptors (Lipinski definition) is 4. The predicted octanol–water partition coefficient (Wildman–Crippen LogP) is 1.91. The number of aromatic nitrogens is 2. The van der Waals surface area contributed by atoms with E-state index in [4.69, 9.17) is 4.74 Å². The zero-order valence-corrected chi connectivity index (χ0v) is 9.50. The van der Waals surface area contributed by atoms with Crippen LogP contribution in [0.15, 0.2) is 6.20 Å². The van der Waals surface area contributed by atoms with Gasteiger partial charge < -0.3 is 4.74 Å². The fraction of sp³-hybridized carbons (Fsp3) is 0.700. The molecule has 1 fully saturated rings. The smallest absolute Gasteiger partial charge is 0.312 e. The van der Waals surface area contributed by atoms with Crippen LogP contribution in [0.2, 0.25) is 0 Å². The maximum atomic E-state index is 13.2. The third kappa shape index (κ3) is 2.44. The molecule has 7 heteroatoms. The van der Waals surface area contributed by atoms with E-state index in [1.165, 1.54) is 10.9 Å². The molecule has 0 aromatic carbocycles. The molecule has 1 saturated heterocycles. The highest BCUT2D eigenvalue weighted by Gasteiger charge is 2.30. The summed E-state index contributed by atoms with van der Waals surface area (Å²) in [7, 11) is 1.63. The van der Waals surface area contributed by atoms with E-state index in [2.05, 4.69) is 5.10 Å². The molecule has 1 aromatic rings. The van der Waals surface area contributed by atoms with Gasteiger partial charge in [0, 0.05) is 13.5 Å². The third-order valence-corrected chi connectivity index (χ3v) is 2.96. The van der Waals surface area contributed by atoms with Gasteiger partial charge in [0.2, 0.25) is 0 Å². The first-order chi connectivity index (χ1) is 8.09. The number of halogens is 1. The van der Waals surface area contributed by atoms with Crippen LogP contribution in [0.4, 0.5) is 10.1 Å². The molecule has 1 aliphatic heterocycles. The Kier molecular flexibility index (Phi) is 3.37. The van der Waals surface area contributed by atoms with Gasteiger partial charge in [0.1, 0.15) is 24.2 Å². The number of hydrogen-bond donors (Lipinski definition) is 0. The number of aryl methyl sites for hydroxylation is 1. The normalized spacial score (nSPS) is 25.5. The van der Waals surface area contributed by atoms with Crippen molar-refractivity contribution in [3.05, 3.63) is 22.0 Å². The average molecular weight is 243 g/mol. The molecule has 0 spiro atoms. The lowest BCUT2D eigenvalue weighted by molar-refractivity contribution is -0.386. The largest absolute Gasteiger partial charge is 0.372 e. The van der Waals surface area contributed by atoms with Crippen molar-refractivity contribution >= 4 is 5.69 Å². The molecule has 0 N–H and O–H groups in total. The Balaban J connectivity index is 2.26. The van der Waals surface area contributed by atoms with Gasteiger partial charge in [0.25, 0.3) is 0 Å². The molecular weight excluding hydrogens is 229 g/mol. The van der Waals surface area contributed by atoms with Crippen molar-refractivity contribution in [2.45, 2.75) is 31.5 Å². The Bertz CT molecular complexity index is 421. The van der Waals surface area contributed by atoms with Crippen molar-refractivity contribution in [2.24, 2.45) is 7.05 Å². The number of nitrogens with zero attached hydrogens (tertiary/aromatic N) is 3. The van der Waals surface area contributed by atoms with Crippen molar-refractivity contribution < 1.29 is 14.1 Å². The Labute approximate surface area is 97.5 Å². The molecule has 0 saturated carbocycles. The van der Waals surface area contributed by atoms with Gasteiger partial charge in [-0.3, -0.25) is 14.8 Å². The molecule has 0 aliphatic carbocycles. The molecule has 1 aromatic heterocycles. The molecule has 0 radical (unpaired) electrons. The average Bonchev–Trinajstić information content (AvgIpc) is 2.52. The first-order valence-corrected chi connectivity index (χ1v) is 5.51. The van der Waals surface area contributed by atoms with Crippen molar-refractivity contribution in [3.63, 3.8) is 0 Å². The Hall–Kier alpha value is -1.50. The Morgan fingerprint density at radius 3 is 3.06 bits per heavy atom. The van der Waals surface area contributed by atoms with E-state index in [-0.39, 0.29) is 12.3 Å². The summed E-state index contributed by atoms with van der Waals surface area (Å²) in [5.41, 5.74) is 0.360. The van der Waals surface area contributed by atoms with E-state index in [0.29, 0.717) is 25.0 Å². The van der Waals surface area contributed by atoms with E-state index in [1.54, 1.807) is 7.05 Å². The molecule has 17 heavy (non-hydrogen) atoms. The van der Waals surface area contributed by atoms with Gasteiger partial charge in [-0.1, -0.05) is 0 Å². The van der Waals surface area contributed by atoms with Crippen LogP contribution in [0.5, 0.6) is 0 Å². The van der Waals surface area contributed by atoms with Crippen LogP contribution >= 0.6 is 0 Å². The zero-order chi connectivity index (χ0) is 12.4. The second-order valence-corrected chi connectivity index (χ2v) is 4.12. The van der Waals surface area contributed by atoms with Gasteiger partial charge in [-0.05, 0) is 12.8 Å². The summed E-state index contributed by atoms with van der Waals surface area (Å²) in [6, 6.07) is 0. The second-order valence-electron chi connectivity index (χ2n) is 4.12. The van der Waals surface area contributed by atoms with Crippen molar-refractivity contribution in [1.82, 2.24) is 9.78 Å². The SMILES string of the molecule is Cn1ncc([N+](=O)[O-])c1C1CCC(F)CCO1. The Morgan fingerprint density at radius 1 is 1.59 bits per heavy atom. The van der Waals surface area contributed by atoms with Crippen LogP contribution in [-0.2, 0) is 11.8 Å². The lowest BCUT2D eigenvalue weighted by Gasteiger charge is -2.14. The molecule has 2 atom stereocenters. The molecule has 1 aliphatic rings. The van der Waals surface area contributed by atoms with Crippen molar-refractivity contribution in [2.75, 3.05) is 6.61 Å². The lowest BCUT2D eigenvalue weighted by atomic mass is 10.1. The fourth-order valence-electron chi connectivity index (χ4n) is 2.06. The highest BCUT2D eigenvalue weighted by atomic mass is 19.1. The van der Waals surface area contributed by atoms with Crippen LogP contribution in [0.3, 0.4) is 0 Å². The predicted molar refractivity (Wildman–Crippen MR) is 57.3 cm³/mol. The van der Waals surface area contributed by atoms with Gasteiger partial charge in [0.05, 0.1) is 11.5 Å². The third-order valence-electron chi connectivity index (χ3n) is 2.96. The van der Waals surface area contributed by atoms with Crippen LogP contribution in [0.1, 0.15) is 31.1 Å². The fourth-order valence-corrected chi connectivity index (χ4v) is 2.06. The Morgan fingerprint density at radius 2 is 2.35 bits per heavy atom. The molecule has 2 heterocycles. The molecule has 0 amide bonds. The number of rotatable bonds is 2. The van der Waals surface area contributed by atoms with Gasteiger partial charge in [-0.25, -0.2) is 4.39 Å². The standard InChI is InChI=1S/C10H14FN3O3/c1-13-10(8(6-12-13)14(15)16)9-3-2-7(11)4-5-17-9/h6-7,9H,2-5H2,1H3. The monoisotopic (exact) mass is 243 g/mol. The summed E-state index contributed by atoms with van der Waals surface area (Å²) in [5, 5.41) is 14.7. The van der Waals surface area contributed by atoms with Gasteiger partial charge in [0.15, 0.2) is 0 Å². The van der Waals surface area contributed by atoms with Gasteiger partial charge in [-0.2, -0.15) is 5.10 Å². The maximum absolute atomic E-state index is 13.2. The first kappa shape index (κ1) is 12.0. The van der Waals surface area contributed by atoms with E-state index < -0.39 is 17.2 Å². The minimum atomic E-state index is -0.882. The molecule has 6 nitrogen and oxygen atoms in total. The molecule has 2 rings (SSSR count). The summed E-state index contributed by atoms with van der Waals surface area (Å²) < 4.78 is 20.1. The summed E-state index contributed by atoms with van der Waals surface area (Å²) in [4.78, 5) is 10.4. The van der Waals surface area contributed by atoms with Crippen LogP contribution in [-0.4, -0.2) is 27.5 Å². The molecule has 0 bridgehead atoms. The summed E-state index contributed by atoms with van der Waals surface area (Å²) in [6.07, 6.45) is 1.05. The van der Waals surface area contributed by atoms with Gasteiger partial charge >= 0.3 is 5.69 Å². The van der Waals surface area contributed by atoms with E-state index in [0.717, 1.165) is 0 Å². The highest BCUT2D eigenvalue weighted by Crippen LogP contribution is 2.33. The van der Waals surface area contributed by atoms with E-state index in [9.17, 15) is 14.5 Å². The van der Waals surface area contributed by atoms with E-state index in [1.807, 2.05) is 0 Å². The quantitative estimate of drug-likeness (QED) is 0.587.